The lowest BCUT2D eigenvalue weighted by Gasteiger charge is -1.90. The lowest BCUT2D eigenvalue weighted by molar-refractivity contribution is 0.101. The minimum absolute atomic E-state index is 0.271. The Balaban J connectivity index is 2.51. The van der Waals surface area contributed by atoms with Crippen LogP contribution in [0.3, 0.4) is 0 Å². The number of rotatable bonds is 1. The van der Waals surface area contributed by atoms with Crippen LogP contribution in [0.5, 0.6) is 0 Å². The minimum Gasteiger partial charge on any atom is -0.346 e. The number of aromatic amines is 1. The molecule has 5 heteroatoms. The predicted molar refractivity (Wildman–Crippen MR) is 42.0 cm³/mol. The number of fused-ring (bicyclic) bond motifs is 1. The zero-order valence-electron chi connectivity index (χ0n) is 5.96. The number of carbonyl (C=O) groups excluding carboxylic acids is 1. The van der Waals surface area contributed by atoms with E-state index in [4.69, 9.17) is 5.26 Å². The molecular weight excluding hydrogens is 156 g/mol. The number of hydrogen-bond donors (Lipinski definition) is 2. The van der Waals surface area contributed by atoms with Gasteiger partial charge < -0.3 is 4.98 Å². The maximum Gasteiger partial charge on any atom is 0.279 e. The van der Waals surface area contributed by atoms with E-state index in [0.717, 1.165) is 0 Å². The first-order valence-corrected chi connectivity index (χ1v) is 3.28. The SMILES string of the molecule is N#CNc1[nH]cc2c1C=NC2=O. The fourth-order valence-electron chi connectivity index (χ4n) is 1.10. The molecule has 0 fully saturated rings. The minimum atomic E-state index is -0.271. The highest BCUT2D eigenvalue weighted by Crippen LogP contribution is 2.21. The summed E-state index contributed by atoms with van der Waals surface area (Å²) in [7, 11) is 0. The molecule has 2 N–H and O–H groups in total. The van der Waals surface area contributed by atoms with Gasteiger partial charge in [0, 0.05) is 18.0 Å². The third-order valence-electron chi connectivity index (χ3n) is 1.64. The largest absolute Gasteiger partial charge is 0.346 e. The summed E-state index contributed by atoms with van der Waals surface area (Å²) in [6.45, 7) is 0. The van der Waals surface area contributed by atoms with Crippen LogP contribution in [-0.4, -0.2) is 17.1 Å². The van der Waals surface area contributed by atoms with Gasteiger partial charge in [0.05, 0.1) is 5.56 Å². The number of nitriles is 1. The Labute approximate surface area is 67.7 Å². The van der Waals surface area contributed by atoms with E-state index in [2.05, 4.69) is 15.3 Å². The van der Waals surface area contributed by atoms with Crippen molar-refractivity contribution in [1.82, 2.24) is 4.98 Å². The average molecular weight is 160 g/mol. The fourth-order valence-corrected chi connectivity index (χ4v) is 1.10. The summed E-state index contributed by atoms with van der Waals surface area (Å²) < 4.78 is 0. The molecule has 0 bridgehead atoms. The molecular formula is C7H4N4O. The van der Waals surface area contributed by atoms with Crippen LogP contribution in [0.2, 0.25) is 0 Å². The Kier molecular flexibility index (Phi) is 1.21. The van der Waals surface area contributed by atoms with E-state index in [0.29, 0.717) is 16.9 Å². The van der Waals surface area contributed by atoms with Gasteiger partial charge in [-0.3, -0.25) is 10.1 Å². The van der Waals surface area contributed by atoms with Crippen molar-refractivity contribution in [1.29, 1.82) is 5.26 Å². The van der Waals surface area contributed by atoms with Crippen molar-refractivity contribution < 1.29 is 4.79 Å². The highest BCUT2D eigenvalue weighted by Gasteiger charge is 2.19. The van der Waals surface area contributed by atoms with E-state index in [1.807, 2.05) is 0 Å². The molecule has 1 aromatic heterocycles. The second-order valence-electron chi connectivity index (χ2n) is 2.29. The Bertz CT molecular complexity index is 410. The van der Waals surface area contributed by atoms with Crippen LogP contribution < -0.4 is 5.32 Å². The average Bonchev–Trinajstić information content (AvgIpc) is 2.58. The molecule has 12 heavy (non-hydrogen) atoms. The summed E-state index contributed by atoms with van der Waals surface area (Å²) in [5.41, 5.74) is 1.16. The Morgan fingerprint density at radius 1 is 1.67 bits per heavy atom. The first-order valence-electron chi connectivity index (χ1n) is 3.28. The highest BCUT2D eigenvalue weighted by atomic mass is 16.1. The molecule has 5 nitrogen and oxygen atoms in total. The van der Waals surface area contributed by atoms with Gasteiger partial charge in [-0.2, -0.15) is 5.26 Å². The summed E-state index contributed by atoms with van der Waals surface area (Å²) in [6, 6.07) is 0. The van der Waals surface area contributed by atoms with Gasteiger partial charge in [-0.05, 0) is 0 Å². The molecule has 1 aliphatic heterocycles. The first kappa shape index (κ1) is 6.61. The van der Waals surface area contributed by atoms with Crippen molar-refractivity contribution in [2.24, 2.45) is 4.99 Å². The number of H-pyrrole nitrogens is 1. The Morgan fingerprint density at radius 2 is 2.50 bits per heavy atom. The van der Waals surface area contributed by atoms with Crippen molar-refractivity contribution in [3.05, 3.63) is 17.3 Å². The van der Waals surface area contributed by atoms with Gasteiger partial charge >= 0.3 is 0 Å². The molecule has 0 atom stereocenters. The number of amides is 1. The third-order valence-corrected chi connectivity index (χ3v) is 1.64. The van der Waals surface area contributed by atoms with Crippen LogP contribution in [-0.2, 0) is 0 Å². The fraction of sp³-hybridized carbons (Fsp3) is 0. The lowest BCUT2D eigenvalue weighted by atomic mass is 10.2. The van der Waals surface area contributed by atoms with E-state index < -0.39 is 0 Å². The highest BCUT2D eigenvalue weighted by molar-refractivity contribution is 6.15. The van der Waals surface area contributed by atoms with E-state index in [-0.39, 0.29) is 5.91 Å². The summed E-state index contributed by atoms with van der Waals surface area (Å²) in [4.78, 5) is 17.3. The zero-order valence-corrected chi connectivity index (χ0v) is 5.96. The van der Waals surface area contributed by atoms with Crippen molar-refractivity contribution in [3.8, 4) is 6.19 Å². The first-order chi connectivity index (χ1) is 5.83. The molecule has 1 amide bonds. The summed E-state index contributed by atoms with van der Waals surface area (Å²) in [6.07, 6.45) is 4.73. The van der Waals surface area contributed by atoms with Crippen molar-refractivity contribution in [2.45, 2.75) is 0 Å². The molecule has 2 heterocycles. The molecule has 0 unspecified atom stereocenters. The van der Waals surface area contributed by atoms with Gasteiger partial charge in [0.1, 0.15) is 5.82 Å². The van der Waals surface area contributed by atoms with Gasteiger partial charge in [0.25, 0.3) is 5.91 Å². The molecule has 0 aromatic carbocycles. The second kappa shape index (κ2) is 2.20. The number of anilines is 1. The van der Waals surface area contributed by atoms with E-state index in [1.54, 1.807) is 6.19 Å². The van der Waals surface area contributed by atoms with Crippen LogP contribution in [0.1, 0.15) is 15.9 Å². The van der Waals surface area contributed by atoms with Crippen LogP contribution in [0.15, 0.2) is 11.2 Å². The second-order valence-corrected chi connectivity index (χ2v) is 2.29. The number of nitrogens with zero attached hydrogens (tertiary/aromatic N) is 2. The van der Waals surface area contributed by atoms with Crippen LogP contribution >= 0.6 is 0 Å². The zero-order chi connectivity index (χ0) is 8.55. The van der Waals surface area contributed by atoms with Crippen molar-refractivity contribution in [3.63, 3.8) is 0 Å². The van der Waals surface area contributed by atoms with Crippen molar-refractivity contribution >= 4 is 17.9 Å². The molecule has 0 saturated carbocycles. The number of hydrogen-bond acceptors (Lipinski definition) is 3. The standard InChI is InChI=1S/C7H4N4O/c8-3-11-6-4-1-10-7(12)5(4)2-9-6/h1-2,9,11H. The molecule has 2 rings (SSSR count). The number of carbonyl (C=O) groups is 1. The summed E-state index contributed by atoms with van der Waals surface area (Å²) in [5.74, 6) is 0.245. The van der Waals surface area contributed by atoms with E-state index in [1.165, 1.54) is 12.4 Å². The number of aromatic nitrogens is 1. The van der Waals surface area contributed by atoms with Crippen LogP contribution in [0.25, 0.3) is 0 Å². The summed E-state index contributed by atoms with van der Waals surface area (Å²) >= 11 is 0. The quantitative estimate of drug-likeness (QED) is 0.463. The van der Waals surface area contributed by atoms with Gasteiger partial charge in [-0.1, -0.05) is 0 Å². The Morgan fingerprint density at radius 3 is 3.25 bits per heavy atom. The third kappa shape index (κ3) is 0.720. The molecule has 0 saturated heterocycles. The Hall–Kier alpha value is -2.09. The van der Waals surface area contributed by atoms with Crippen molar-refractivity contribution in [2.75, 3.05) is 5.32 Å². The molecule has 0 aliphatic carbocycles. The van der Waals surface area contributed by atoms with Crippen LogP contribution in [0, 0.1) is 11.5 Å². The number of aliphatic imine (C=N–C) groups is 1. The summed E-state index contributed by atoms with van der Waals surface area (Å²) in [5, 5.41) is 10.7. The van der Waals surface area contributed by atoms with E-state index >= 15 is 0 Å². The number of nitrogens with one attached hydrogen (secondary N) is 2. The van der Waals surface area contributed by atoms with E-state index in [9.17, 15) is 4.79 Å². The predicted octanol–water partition coefficient (Wildman–Crippen LogP) is 0.480. The topological polar surface area (TPSA) is 81.0 Å². The molecule has 1 aromatic rings. The molecule has 58 valence electrons. The van der Waals surface area contributed by atoms with Gasteiger partial charge in [-0.15, -0.1) is 0 Å². The maximum absolute atomic E-state index is 11.0. The van der Waals surface area contributed by atoms with Crippen LogP contribution in [0.4, 0.5) is 5.82 Å². The lowest BCUT2D eigenvalue weighted by Crippen LogP contribution is -1.91. The van der Waals surface area contributed by atoms with Gasteiger partial charge in [0.15, 0.2) is 6.19 Å². The monoisotopic (exact) mass is 160 g/mol. The maximum atomic E-state index is 11.0. The molecule has 1 aliphatic rings. The molecule has 0 radical (unpaired) electrons. The molecule has 0 spiro atoms. The van der Waals surface area contributed by atoms with Gasteiger partial charge in [-0.25, -0.2) is 4.99 Å². The van der Waals surface area contributed by atoms with Gasteiger partial charge in [0.2, 0.25) is 0 Å². The normalized spacial score (nSPS) is 12.8. The smallest absolute Gasteiger partial charge is 0.279 e.